The summed E-state index contributed by atoms with van der Waals surface area (Å²) in [5.74, 6) is -0.387. The molecule has 0 spiro atoms. The summed E-state index contributed by atoms with van der Waals surface area (Å²) in [4.78, 5) is 54.7. The molecule has 1 unspecified atom stereocenters. The fraction of sp³-hybridized carbons (Fsp3) is 0.320. The molecule has 1 aromatic carbocycles. The highest BCUT2D eigenvalue weighted by atomic mass is 16.5. The third-order valence-electron chi connectivity index (χ3n) is 5.95. The number of pyridine rings is 1. The van der Waals surface area contributed by atoms with E-state index in [9.17, 15) is 24.3 Å². The van der Waals surface area contributed by atoms with E-state index in [0.717, 1.165) is 11.1 Å². The van der Waals surface area contributed by atoms with Crippen LogP contribution in [0.5, 0.6) is 5.75 Å². The minimum Gasteiger partial charge on any atom is -0.494 e. The molecule has 0 aliphatic carbocycles. The predicted octanol–water partition coefficient (Wildman–Crippen LogP) is 1.55. The van der Waals surface area contributed by atoms with Gasteiger partial charge in [-0.25, -0.2) is 9.78 Å². The van der Waals surface area contributed by atoms with Crippen LogP contribution < -0.4 is 20.7 Å². The Bertz CT molecular complexity index is 1370. The molecule has 0 saturated carbocycles. The number of aromatic nitrogens is 1. The predicted molar refractivity (Wildman–Crippen MR) is 131 cm³/mol. The second-order valence-electron chi connectivity index (χ2n) is 8.70. The van der Waals surface area contributed by atoms with Crippen molar-refractivity contribution in [1.82, 2.24) is 20.5 Å². The Morgan fingerprint density at radius 1 is 1.30 bits per heavy atom. The number of ether oxygens (including phenoxy) is 1. The number of rotatable bonds is 10. The number of aliphatic hydroxyl groups is 1. The van der Waals surface area contributed by atoms with Crippen LogP contribution in [0.4, 0.5) is 10.6 Å². The number of benzene rings is 1. The van der Waals surface area contributed by atoms with Gasteiger partial charge in [0.05, 0.1) is 13.2 Å². The monoisotopic (exact) mass is 509 g/mol. The summed E-state index contributed by atoms with van der Waals surface area (Å²) >= 11 is 0. The molecule has 37 heavy (non-hydrogen) atoms. The van der Waals surface area contributed by atoms with E-state index in [1.54, 1.807) is 6.07 Å². The number of urea groups is 1. The molecule has 1 fully saturated rings. The topological polar surface area (TPSA) is 163 Å². The number of nitrogens with one attached hydrogen (secondary N) is 3. The average molecular weight is 510 g/mol. The lowest BCUT2D eigenvalue weighted by molar-refractivity contribution is -0.128. The third-order valence-corrected chi connectivity index (χ3v) is 5.95. The van der Waals surface area contributed by atoms with Crippen molar-refractivity contribution in [2.75, 3.05) is 18.5 Å². The van der Waals surface area contributed by atoms with Crippen LogP contribution in [0.3, 0.4) is 0 Å². The molecule has 2 atom stereocenters. The zero-order valence-corrected chi connectivity index (χ0v) is 20.5. The van der Waals surface area contributed by atoms with E-state index in [-0.39, 0.29) is 24.7 Å². The van der Waals surface area contributed by atoms with Gasteiger partial charge in [0.25, 0.3) is 11.8 Å². The molecule has 4 rings (SSSR count). The van der Waals surface area contributed by atoms with Crippen molar-refractivity contribution >= 4 is 41.2 Å². The molecule has 1 aliphatic heterocycles. The number of furan rings is 1. The Labute approximate surface area is 212 Å². The van der Waals surface area contributed by atoms with Gasteiger partial charge in [0.1, 0.15) is 28.9 Å². The van der Waals surface area contributed by atoms with E-state index in [1.807, 2.05) is 26.0 Å². The lowest BCUT2D eigenvalue weighted by Gasteiger charge is -2.29. The second-order valence-corrected chi connectivity index (χ2v) is 8.70. The molecular weight excluding hydrogens is 482 g/mol. The van der Waals surface area contributed by atoms with E-state index in [1.165, 1.54) is 30.0 Å². The van der Waals surface area contributed by atoms with Gasteiger partial charge in [-0.3, -0.25) is 19.7 Å². The van der Waals surface area contributed by atoms with Crippen LogP contribution in [0.15, 0.2) is 40.8 Å². The zero-order chi connectivity index (χ0) is 26.7. The second kappa shape index (κ2) is 10.3. The number of fused-ring (bicyclic) bond motifs is 1. The minimum absolute atomic E-state index is 0.0626. The maximum absolute atomic E-state index is 13.0. The maximum atomic E-state index is 13.0. The van der Waals surface area contributed by atoms with Crippen molar-refractivity contribution in [2.45, 2.75) is 39.0 Å². The summed E-state index contributed by atoms with van der Waals surface area (Å²) in [6, 6.07) is 9.24. The molecule has 2 aromatic heterocycles. The largest absolute Gasteiger partial charge is 0.494 e. The van der Waals surface area contributed by atoms with Crippen LogP contribution in [0, 0.1) is 6.92 Å². The van der Waals surface area contributed by atoms with Crippen molar-refractivity contribution in [2.24, 2.45) is 0 Å². The Kier molecular flexibility index (Phi) is 7.11. The van der Waals surface area contributed by atoms with Crippen LogP contribution in [-0.4, -0.2) is 58.5 Å². The molecular formula is C25H27N5O7. The highest BCUT2D eigenvalue weighted by Crippen LogP contribution is 2.32. The van der Waals surface area contributed by atoms with Crippen LogP contribution >= 0.6 is 0 Å². The number of imide groups is 1. The van der Waals surface area contributed by atoms with Crippen LogP contribution in [-0.2, 0) is 26.5 Å². The number of carbonyl (C=O) groups excluding carboxylic acids is 4. The number of carbonyl (C=O) groups is 4. The fourth-order valence-corrected chi connectivity index (χ4v) is 4.05. The zero-order valence-electron chi connectivity index (χ0n) is 20.5. The Morgan fingerprint density at radius 2 is 2.08 bits per heavy atom. The van der Waals surface area contributed by atoms with Gasteiger partial charge in [0.2, 0.25) is 6.41 Å². The molecule has 12 nitrogen and oxygen atoms in total. The first-order valence-corrected chi connectivity index (χ1v) is 11.6. The standard InChI is InChI=1S/C25H27N5O7/c1-4-36-17-6-5-16(14(2)9-17)11-30(13-31)12-25(23(34)28-24(35)29-25)20-10-18-19(37-20)7-8-21(26-18)27-22(33)15(3)32/h5-10,13,15,32H,4,11-12H2,1-3H3,(H,26,27,33)(H2,28,29,34,35)/t15?,25-/m0/s1. The Balaban J connectivity index is 1.65. The SMILES string of the molecule is CCOc1ccc(CN(C=O)C[C@@]2(c3cc4nc(NC(=O)C(C)O)ccc4o3)NC(=O)NC2=O)c(C)c1. The van der Waals surface area contributed by atoms with Gasteiger partial charge in [-0.05, 0) is 56.2 Å². The minimum atomic E-state index is -1.71. The van der Waals surface area contributed by atoms with Crippen LogP contribution in [0.2, 0.25) is 0 Å². The van der Waals surface area contributed by atoms with E-state index < -0.39 is 29.5 Å². The molecule has 0 radical (unpaired) electrons. The molecule has 1 aliphatic rings. The molecule has 3 aromatic rings. The van der Waals surface area contributed by atoms with Crippen molar-refractivity contribution in [3.63, 3.8) is 0 Å². The van der Waals surface area contributed by atoms with Crippen molar-refractivity contribution < 1.29 is 33.4 Å². The maximum Gasteiger partial charge on any atom is 0.322 e. The van der Waals surface area contributed by atoms with Gasteiger partial charge in [0.15, 0.2) is 11.1 Å². The smallest absolute Gasteiger partial charge is 0.322 e. The highest BCUT2D eigenvalue weighted by molar-refractivity contribution is 6.07. The number of hydrogen-bond acceptors (Lipinski definition) is 8. The molecule has 12 heteroatoms. The molecule has 0 bridgehead atoms. The van der Waals surface area contributed by atoms with Gasteiger partial charge in [-0.1, -0.05) is 6.07 Å². The van der Waals surface area contributed by atoms with Crippen molar-refractivity contribution in [3.8, 4) is 5.75 Å². The first-order valence-electron chi connectivity index (χ1n) is 11.6. The molecule has 194 valence electrons. The fourth-order valence-electron chi connectivity index (χ4n) is 4.05. The number of aliphatic hydroxyl groups excluding tert-OH is 1. The van der Waals surface area contributed by atoms with Crippen molar-refractivity contribution in [3.05, 3.63) is 53.3 Å². The van der Waals surface area contributed by atoms with Gasteiger partial charge >= 0.3 is 6.03 Å². The van der Waals surface area contributed by atoms with E-state index >= 15 is 0 Å². The number of hydrogen-bond donors (Lipinski definition) is 4. The van der Waals surface area contributed by atoms with Gasteiger partial charge in [0, 0.05) is 12.6 Å². The highest BCUT2D eigenvalue weighted by Gasteiger charge is 2.51. The average Bonchev–Trinajstić information content (AvgIpc) is 3.40. The van der Waals surface area contributed by atoms with Gasteiger partial charge in [-0.15, -0.1) is 0 Å². The number of anilines is 1. The number of nitrogens with zero attached hydrogens (tertiary/aromatic N) is 2. The summed E-state index contributed by atoms with van der Waals surface area (Å²) in [7, 11) is 0. The number of aryl methyl sites for hydroxylation is 1. The summed E-state index contributed by atoms with van der Waals surface area (Å²) in [6.07, 6.45) is -0.633. The lowest BCUT2D eigenvalue weighted by atomic mass is 9.95. The van der Waals surface area contributed by atoms with Crippen LogP contribution in [0.1, 0.15) is 30.7 Å². The summed E-state index contributed by atoms with van der Waals surface area (Å²) in [5.41, 5.74) is 0.609. The third kappa shape index (κ3) is 5.23. The van der Waals surface area contributed by atoms with Gasteiger partial charge < -0.3 is 29.8 Å². The normalized spacial score (nSPS) is 17.7. The number of amides is 5. The molecule has 5 amide bonds. The molecule has 1 saturated heterocycles. The van der Waals surface area contributed by atoms with E-state index in [4.69, 9.17) is 9.15 Å². The Morgan fingerprint density at radius 3 is 2.70 bits per heavy atom. The Hall–Kier alpha value is -4.45. The lowest BCUT2D eigenvalue weighted by Crippen LogP contribution is -2.52. The summed E-state index contributed by atoms with van der Waals surface area (Å²) in [5, 5.41) is 16.7. The van der Waals surface area contributed by atoms with E-state index in [2.05, 4.69) is 20.9 Å². The quantitative estimate of drug-likeness (QED) is 0.236. The van der Waals surface area contributed by atoms with Crippen LogP contribution in [0.25, 0.3) is 11.1 Å². The van der Waals surface area contributed by atoms with Gasteiger partial charge in [-0.2, -0.15) is 0 Å². The molecule has 4 N–H and O–H groups in total. The first-order chi connectivity index (χ1) is 17.6. The summed E-state index contributed by atoms with van der Waals surface area (Å²) in [6.45, 7) is 5.57. The summed E-state index contributed by atoms with van der Waals surface area (Å²) < 4.78 is 11.4. The van der Waals surface area contributed by atoms with Crippen molar-refractivity contribution in [1.29, 1.82) is 0 Å². The first kappa shape index (κ1) is 25.6. The van der Waals surface area contributed by atoms with E-state index in [0.29, 0.717) is 29.9 Å². The molecule has 3 heterocycles.